The van der Waals surface area contributed by atoms with Crippen molar-refractivity contribution >= 4 is 7.85 Å². The van der Waals surface area contributed by atoms with Gasteiger partial charge in [-0.15, -0.1) is 0 Å². The Labute approximate surface area is 87.4 Å². The van der Waals surface area contributed by atoms with E-state index in [9.17, 15) is 0 Å². The summed E-state index contributed by atoms with van der Waals surface area (Å²) in [5.74, 6) is 0. The van der Waals surface area contributed by atoms with Crippen molar-refractivity contribution in [3.05, 3.63) is 0 Å². The van der Waals surface area contributed by atoms with Crippen LogP contribution in [0.15, 0.2) is 0 Å². The second kappa shape index (κ2) is 8.23. The second-order valence-electron chi connectivity index (χ2n) is 3.50. The Morgan fingerprint density at radius 2 is 2.07 bits per heavy atom. The molecule has 0 aromatic rings. The van der Waals surface area contributed by atoms with Gasteiger partial charge in [-0.2, -0.15) is 0 Å². The first kappa shape index (κ1) is 13.9. The van der Waals surface area contributed by atoms with Gasteiger partial charge in [0.2, 0.25) is 0 Å². The molecule has 0 saturated carbocycles. The molecule has 0 aliphatic carbocycles. The highest BCUT2D eigenvalue weighted by Crippen LogP contribution is 1.96. The third-order valence-corrected chi connectivity index (χ3v) is 1.65. The zero-order chi connectivity index (χ0) is 11.0. The van der Waals surface area contributed by atoms with Crippen LogP contribution in [0.2, 0.25) is 0 Å². The summed E-state index contributed by atoms with van der Waals surface area (Å²) in [5.41, 5.74) is 0. The Balaban J connectivity index is 3.76. The summed E-state index contributed by atoms with van der Waals surface area (Å²) >= 11 is 0. The summed E-state index contributed by atoms with van der Waals surface area (Å²) in [5, 5.41) is 11.9. The lowest BCUT2D eigenvalue weighted by Gasteiger charge is -2.22. The molecule has 0 aliphatic rings. The number of aliphatic hydroxyl groups is 1. The SMILES string of the molecule is [B][C@@H](CO)O[C@H](CNC(C)C)COC. The molecular weight excluding hydrogens is 181 g/mol. The van der Waals surface area contributed by atoms with Crippen LogP contribution in [-0.2, 0) is 9.47 Å². The number of rotatable bonds is 8. The number of ether oxygens (including phenoxy) is 2. The fourth-order valence-electron chi connectivity index (χ4n) is 0.990. The summed E-state index contributed by atoms with van der Waals surface area (Å²) < 4.78 is 10.3. The standard InChI is InChI=1S/C9H20BNO3/c1-7(2)11-4-8(6-13-3)14-9(10)5-12/h7-9,11-12H,4-6H2,1-3H3/t8-,9-/m1/s1. The first-order valence-electron chi connectivity index (χ1n) is 4.84. The molecule has 0 fully saturated rings. The molecule has 2 N–H and O–H groups in total. The van der Waals surface area contributed by atoms with Crippen molar-refractivity contribution in [2.24, 2.45) is 0 Å². The zero-order valence-electron chi connectivity index (χ0n) is 9.19. The highest BCUT2D eigenvalue weighted by molar-refractivity contribution is 6.11. The Morgan fingerprint density at radius 3 is 2.50 bits per heavy atom. The quantitative estimate of drug-likeness (QED) is 0.520. The Bertz CT molecular complexity index is 135. The normalized spacial score (nSPS) is 15.8. The van der Waals surface area contributed by atoms with Gasteiger partial charge in [0.05, 0.1) is 19.3 Å². The van der Waals surface area contributed by atoms with Gasteiger partial charge in [-0.05, 0) is 0 Å². The number of hydrogen-bond acceptors (Lipinski definition) is 4. The summed E-state index contributed by atoms with van der Waals surface area (Å²) in [6, 6.07) is -0.243. The van der Waals surface area contributed by atoms with E-state index in [0.717, 1.165) is 0 Å². The predicted octanol–water partition coefficient (Wildman–Crippen LogP) is -0.497. The Hall–Kier alpha value is -0.0951. The van der Waals surface area contributed by atoms with Gasteiger partial charge in [-0.1, -0.05) is 13.8 Å². The van der Waals surface area contributed by atoms with E-state index < -0.39 is 6.00 Å². The smallest absolute Gasteiger partial charge is 0.112 e. The molecule has 82 valence electrons. The third kappa shape index (κ3) is 7.32. The molecule has 0 rings (SSSR count). The van der Waals surface area contributed by atoms with E-state index in [1.165, 1.54) is 0 Å². The predicted molar refractivity (Wildman–Crippen MR) is 56.5 cm³/mol. The maximum Gasteiger partial charge on any atom is 0.112 e. The maximum absolute atomic E-state index is 8.72. The summed E-state index contributed by atoms with van der Waals surface area (Å²) in [6.45, 7) is 5.06. The van der Waals surface area contributed by atoms with Crippen molar-refractivity contribution in [3.63, 3.8) is 0 Å². The van der Waals surface area contributed by atoms with Gasteiger partial charge in [0.15, 0.2) is 0 Å². The average molecular weight is 201 g/mol. The molecule has 0 unspecified atom stereocenters. The molecule has 0 spiro atoms. The molecule has 0 aromatic heterocycles. The van der Waals surface area contributed by atoms with E-state index in [1.807, 2.05) is 0 Å². The van der Waals surface area contributed by atoms with Gasteiger partial charge in [0.1, 0.15) is 7.85 Å². The van der Waals surface area contributed by atoms with Gasteiger partial charge in [-0.25, -0.2) is 0 Å². The summed E-state index contributed by atoms with van der Waals surface area (Å²) in [6.07, 6.45) is -0.121. The van der Waals surface area contributed by atoms with Crippen molar-refractivity contribution in [1.29, 1.82) is 0 Å². The van der Waals surface area contributed by atoms with Crippen molar-refractivity contribution in [3.8, 4) is 0 Å². The highest BCUT2D eigenvalue weighted by Gasteiger charge is 2.12. The second-order valence-corrected chi connectivity index (χ2v) is 3.50. The van der Waals surface area contributed by atoms with E-state index in [-0.39, 0.29) is 12.7 Å². The lowest BCUT2D eigenvalue weighted by Crippen LogP contribution is -2.39. The largest absolute Gasteiger partial charge is 0.395 e. The molecular formula is C9H20BNO3. The molecule has 5 heteroatoms. The molecule has 0 aliphatic heterocycles. The number of aliphatic hydroxyl groups excluding tert-OH is 1. The van der Waals surface area contributed by atoms with Crippen LogP contribution in [-0.4, -0.2) is 58.0 Å². The first-order valence-corrected chi connectivity index (χ1v) is 4.84. The Kier molecular flexibility index (Phi) is 8.18. The molecule has 0 saturated heterocycles. The van der Waals surface area contributed by atoms with Crippen molar-refractivity contribution in [2.75, 3.05) is 26.9 Å². The highest BCUT2D eigenvalue weighted by atomic mass is 16.5. The molecule has 0 amide bonds. The lowest BCUT2D eigenvalue weighted by atomic mass is 10.0. The van der Waals surface area contributed by atoms with Crippen LogP contribution in [0.4, 0.5) is 0 Å². The van der Waals surface area contributed by atoms with Gasteiger partial charge in [-0.3, -0.25) is 0 Å². The molecule has 0 aromatic carbocycles. The van der Waals surface area contributed by atoms with Crippen LogP contribution < -0.4 is 5.32 Å². The molecule has 0 bridgehead atoms. The van der Waals surface area contributed by atoms with Crippen LogP contribution in [0, 0.1) is 0 Å². The lowest BCUT2D eigenvalue weighted by molar-refractivity contribution is -0.0334. The summed E-state index contributed by atoms with van der Waals surface area (Å²) in [7, 11) is 7.06. The fraction of sp³-hybridized carbons (Fsp3) is 1.00. The topological polar surface area (TPSA) is 50.7 Å². The minimum Gasteiger partial charge on any atom is -0.395 e. The van der Waals surface area contributed by atoms with Gasteiger partial charge >= 0.3 is 0 Å². The minimum atomic E-state index is -0.635. The third-order valence-electron chi connectivity index (χ3n) is 1.65. The maximum atomic E-state index is 8.72. The van der Waals surface area contributed by atoms with Crippen LogP contribution in [0.25, 0.3) is 0 Å². The van der Waals surface area contributed by atoms with Crippen LogP contribution in [0.1, 0.15) is 13.8 Å². The summed E-state index contributed by atoms with van der Waals surface area (Å²) in [4.78, 5) is 0. The number of methoxy groups -OCH3 is 1. The molecule has 2 atom stereocenters. The molecule has 0 heterocycles. The minimum absolute atomic E-state index is 0.121. The van der Waals surface area contributed by atoms with E-state index >= 15 is 0 Å². The van der Waals surface area contributed by atoms with E-state index in [4.69, 9.17) is 22.4 Å². The fourth-order valence-corrected chi connectivity index (χ4v) is 0.990. The molecule has 14 heavy (non-hydrogen) atoms. The van der Waals surface area contributed by atoms with E-state index in [0.29, 0.717) is 19.2 Å². The van der Waals surface area contributed by atoms with Crippen molar-refractivity contribution in [2.45, 2.75) is 32.0 Å². The van der Waals surface area contributed by atoms with Gasteiger partial charge < -0.3 is 19.9 Å². The number of hydrogen-bond donors (Lipinski definition) is 2. The van der Waals surface area contributed by atoms with Crippen LogP contribution >= 0.6 is 0 Å². The Morgan fingerprint density at radius 1 is 1.43 bits per heavy atom. The van der Waals surface area contributed by atoms with Crippen molar-refractivity contribution in [1.82, 2.24) is 5.32 Å². The van der Waals surface area contributed by atoms with E-state index in [2.05, 4.69) is 19.2 Å². The van der Waals surface area contributed by atoms with Gasteiger partial charge in [0.25, 0.3) is 0 Å². The number of nitrogens with one attached hydrogen (secondary N) is 1. The molecule has 4 nitrogen and oxygen atoms in total. The van der Waals surface area contributed by atoms with Crippen LogP contribution in [0.5, 0.6) is 0 Å². The zero-order valence-corrected chi connectivity index (χ0v) is 9.19. The molecule has 2 radical (unpaired) electrons. The first-order chi connectivity index (χ1) is 6.60. The average Bonchev–Trinajstić information content (AvgIpc) is 2.14. The van der Waals surface area contributed by atoms with E-state index in [1.54, 1.807) is 7.11 Å². The van der Waals surface area contributed by atoms with Crippen molar-refractivity contribution < 1.29 is 14.6 Å². The van der Waals surface area contributed by atoms with Gasteiger partial charge in [0, 0.05) is 25.7 Å². The monoisotopic (exact) mass is 201 g/mol. The van der Waals surface area contributed by atoms with Crippen LogP contribution in [0.3, 0.4) is 0 Å².